The standard InChI is InChI=1S/C21H19N5O2/c1-14-8-9-16(10-15(14)2)20-17(11-22-26-13-19(27)23-21(26)28)12-25(24-20)18-6-4-3-5-7-18/h3-12H,13H2,1-2H3,(H,23,27,28)/b22-11-. The van der Waals surface area contributed by atoms with Gasteiger partial charge >= 0.3 is 6.03 Å². The maximum Gasteiger partial charge on any atom is 0.344 e. The molecule has 2 heterocycles. The van der Waals surface area contributed by atoms with Gasteiger partial charge in [-0.3, -0.25) is 10.1 Å². The average molecular weight is 373 g/mol. The second-order valence-corrected chi connectivity index (χ2v) is 6.67. The van der Waals surface area contributed by atoms with Crippen LogP contribution in [0, 0.1) is 13.8 Å². The van der Waals surface area contributed by atoms with Gasteiger partial charge in [0.15, 0.2) is 0 Å². The fourth-order valence-electron chi connectivity index (χ4n) is 2.96. The number of benzene rings is 2. The number of para-hydroxylation sites is 1. The van der Waals surface area contributed by atoms with Crippen molar-refractivity contribution in [2.24, 2.45) is 5.10 Å². The molecule has 1 aromatic heterocycles. The van der Waals surface area contributed by atoms with Crippen LogP contribution in [-0.4, -0.2) is 39.5 Å². The van der Waals surface area contributed by atoms with Crippen molar-refractivity contribution < 1.29 is 9.59 Å². The highest BCUT2D eigenvalue weighted by molar-refractivity contribution is 6.02. The number of hydrogen-bond acceptors (Lipinski definition) is 4. The summed E-state index contributed by atoms with van der Waals surface area (Å²) in [5, 5.41) is 12.2. The van der Waals surface area contributed by atoms with E-state index in [4.69, 9.17) is 5.10 Å². The van der Waals surface area contributed by atoms with Crippen molar-refractivity contribution in [1.82, 2.24) is 20.1 Å². The summed E-state index contributed by atoms with van der Waals surface area (Å²) in [7, 11) is 0. The first-order chi connectivity index (χ1) is 13.5. The van der Waals surface area contributed by atoms with E-state index in [1.807, 2.05) is 42.6 Å². The summed E-state index contributed by atoms with van der Waals surface area (Å²) in [5.41, 5.74) is 5.75. The Labute approximate surface area is 162 Å². The fraction of sp³-hybridized carbons (Fsp3) is 0.143. The third-order valence-corrected chi connectivity index (χ3v) is 4.65. The molecule has 0 atom stereocenters. The van der Waals surface area contributed by atoms with Gasteiger partial charge in [0.2, 0.25) is 5.91 Å². The average Bonchev–Trinajstić information content (AvgIpc) is 3.25. The second kappa shape index (κ2) is 7.11. The predicted octanol–water partition coefficient (Wildman–Crippen LogP) is 3.04. The van der Waals surface area contributed by atoms with Crippen LogP contribution in [0.1, 0.15) is 16.7 Å². The molecule has 28 heavy (non-hydrogen) atoms. The zero-order chi connectivity index (χ0) is 19.7. The highest BCUT2D eigenvalue weighted by Gasteiger charge is 2.26. The van der Waals surface area contributed by atoms with Crippen LogP contribution in [0.3, 0.4) is 0 Å². The van der Waals surface area contributed by atoms with Crippen molar-refractivity contribution in [2.45, 2.75) is 13.8 Å². The van der Waals surface area contributed by atoms with Crippen molar-refractivity contribution in [1.29, 1.82) is 0 Å². The predicted molar refractivity (Wildman–Crippen MR) is 106 cm³/mol. The molecule has 0 aliphatic carbocycles. The molecule has 140 valence electrons. The lowest BCUT2D eigenvalue weighted by Gasteiger charge is -2.05. The van der Waals surface area contributed by atoms with E-state index in [1.54, 1.807) is 10.9 Å². The van der Waals surface area contributed by atoms with E-state index in [-0.39, 0.29) is 12.5 Å². The first-order valence-corrected chi connectivity index (χ1v) is 8.89. The molecule has 1 aliphatic heterocycles. The number of rotatable bonds is 4. The number of urea groups is 1. The molecular formula is C21H19N5O2. The minimum absolute atomic E-state index is 0.0822. The van der Waals surface area contributed by atoms with Crippen LogP contribution < -0.4 is 5.32 Å². The van der Waals surface area contributed by atoms with Gasteiger partial charge in [-0.05, 0) is 43.2 Å². The second-order valence-electron chi connectivity index (χ2n) is 6.67. The number of carbonyl (C=O) groups is 2. The number of amides is 3. The van der Waals surface area contributed by atoms with E-state index in [0.29, 0.717) is 0 Å². The first-order valence-electron chi connectivity index (χ1n) is 8.89. The molecule has 0 radical (unpaired) electrons. The molecule has 1 aliphatic rings. The van der Waals surface area contributed by atoms with Gasteiger partial charge in [0.25, 0.3) is 0 Å². The summed E-state index contributed by atoms with van der Waals surface area (Å²) in [5.74, 6) is -0.364. The van der Waals surface area contributed by atoms with Gasteiger partial charge in [0.1, 0.15) is 12.2 Å². The third-order valence-electron chi connectivity index (χ3n) is 4.65. The van der Waals surface area contributed by atoms with Gasteiger partial charge in [0.05, 0.1) is 11.9 Å². The third kappa shape index (κ3) is 3.42. The Morgan fingerprint density at radius 3 is 2.54 bits per heavy atom. The van der Waals surface area contributed by atoms with E-state index in [2.05, 4.69) is 36.4 Å². The first kappa shape index (κ1) is 17.7. The maximum absolute atomic E-state index is 11.7. The van der Waals surface area contributed by atoms with Gasteiger partial charge in [0, 0.05) is 17.3 Å². The highest BCUT2D eigenvalue weighted by Crippen LogP contribution is 2.25. The lowest BCUT2D eigenvalue weighted by atomic mass is 10.0. The molecule has 7 nitrogen and oxygen atoms in total. The van der Waals surface area contributed by atoms with E-state index in [9.17, 15) is 9.59 Å². The number of hydrogen-bond donors (Lipinski definition) is 1. The molecule has 0 unspecified atom stereocenters. The molecule has 0 spiro atoms. The largest absolute Gasteiger partial charge is 0.344 e. The van der Waals surface area contributed by atoms with Gasteiger partial charge in [-0.2, -0.15) is 10.2 Å². The van der Waals surface area contributed by atoms with Crippen molar-refractivity contribution >= 4 is 18.2 Å². The van der Waals surface area contributed by atoms with Crippen LogP contribution in [0.25, 0.3) is 16.9 Å². The van der Waals surface area contributed by atoms with Gasteiger partial charge in [-0.25, -0.2) is 14.5 Å². The molecule has 1 N–H and O–H groups in total. The lowest BCUT2D eigenvalue weighted by molar-refractivity contribution is -0.118. The van der Waals surface area contributed by atoms with Crippen LogP contribution in [0.2, 0.25) is 0 Å². The number of nitrogens with zero attached hydrogens (tertiary/aromatic N) is 4. The van der Waals surface area contributed by atoms with Crippen LogP contribution in [-0.2, 0) is 4.79 Å². The van der Waals surface area contributed by atoms with Crippen LogP contribution in [0.4, 0.5) is 4.79 Å². The molecule has 2 aromatic carbocycles. The summed E-state index contributed by atoms with van der Waals surface area (Å²) >= 11 is 0. The number of aryl methyl sites for hydroxylation is 2. The number of nitrogens with one attached hydrogen (secondary N) is 1. The number of aromatic nitrogens is 2. The molecule has 3 amide bonds. The molecule has 7 heteroatoms. The van der Waals surface area contributed by atoms with Crippen molar-refractivity contribution in [3.63, 3.8) is 0 Å². The minimum Gasteiger partial charge on any atom is -0.275 e. The van der Waals surface area contributed by atoms with E-state index >= 15 is 0 Å². The highest BCUT2D eigenvalue weighted by atomic mass is 16.2. The van der Waals surface area contributed by atoms with Gasteiger partial charge in [-0.1, -0.05) is 30.3 Å². The maximum atomic E-state index is 11.7. The molecule has 3 aromatic rings. The van der Waals surface area contributed by atoms with Crippen LogP contribution in [0.15, 0.2) is 59.8 Å². The Hall–Kier alpha value is -3.74. The molecular weight excluding hydrogens is 354 g/mol. The van der Waals surface area contributed by atoms with Crippen molar-refractivity contribution in [3.8, 4) is 16.9 Å². The fourth-order valence-corrected chi connectivity index (χ4v) is 2.96. The van der Waals surface area contributed by atoms with Gasteiger partial charge in [-0.15, -0.1) is 0 Å². The number of hydrazone groups is 1. The zero-order valence-corrected chi connectivity index (χ0v) is 15.6. The minimum atomic E-state index is -0.524. The van der Waals surface area contributed by atoms with Gasteiger partial charge < -0.3 is 0 Å². The van der Waals surface area contributed by atoms with Crippen LogP contribution in [0.5, 0.6) is 0 Å². The summed E-state index contributed by atoms with van der Waals surface area (Å²) in [4.78, 5) is 23.1. The summed E-state index contributed by atoms with van der Waals surface area (Å²) < 4.78 is 1.78. The Morgan fingerprint density at radius 1 is 1.07 bits per heavy atom. The Morgan fingerprint density at radius 2 is 1.86 bits per heavy atom. The Bertz CT molecular complexity index is 1090. The number of imide groups is 1. The van der Waals surface area contributed by atoms with Crippen molar-refractivity contribution in [2.75, 3.05) is 6.54 Å². The van der Waals surface area contributed by atoms with E-state index in [1.165, 1.54) is 11.1 Å². The topological polar surface area (TPSA) is 79.6 Å². The SMILES string of the molecule is Cc1ccc(-c2nn(-c3ccccc3)cc2/C=N\N2CC(=O)NC2=O)cc1C. The van der Waals surface area contributed by atoms with Crippen LogP contribution >= 0.6 is 0 Å². The Balaban J connectivity index is 1.77. The molecule has 0 saturated carbocycles. The smallest absolute Gasteiger partial charge is 0.275 e. The number of carbonyl (C=O) groups excluding carboxylic acids is 2. The molecule has 1 saturated heterocycles. The van der Waals surface area contributed by atoms with Crippen molar-refractivity contribution in [3.05, 3.63) is 71.4 Å². The van der Waals surface area contributed by atoms with E-state index < -0.39 is 6.03 Å². The summed E-state index contributed by atoms with van der Waals surface area (Å²) in [6, 6.07) is 15.4. The Kier molecular flexibility index (Phi) is 4.49. The molecule has 1 fully saturated rings. The lowest BCUT2D eigenvalue weighted by Crippen LogP contribution is -2.24. The molecule has 0 bridgehead atoms. The summed E-state index contributed by atoms with van der Waals surface area (Å²) in [6.45, 7) is 4.04. The molecule has 4 rings (SSSR count). The monoisotopic (exact) mass is 373 g/mol. The normalized spacial score (nSPS) is 14.1. The quantitative estimate of drug-likeness (QED) is 0.564. The van der Waals surface area contributed by atoms with E-state index in [0.717, 1.165) is 27.5 Å². The zero-order valence-electron chi connectivity index (χ0n) is 15.6. The summed E-state index contributed by atoms with van der Waals surface area (Å²) in [6.07, 6.45) is 3.42.